The van der Waals surface area contributed by atoms with Gasteiger partial charge < -0.3 is 0 Å². The zero-order valence-corrected chi connectivity index (χ0v) is 12.2. The van der Waals surface area contributed by atoms with Crippen LogP contribution in [0.3, 0.4) is 0 Å². The maximum atomic E-state index is 5.94. The molecule has 0 aliphatic rings. The average Bonchev–Trinajstić information content (AvgIpc) is 2.66. The number of aromatic nitrogens is 2. The first-order valence-electron chi connectivity index (χ1n) is 4.51. The first kappa shape index (κ1) is 12.3. The summed E-state index contributed by atoms with van der Waals surface area (Å²) in [5, 5.41) is 10.4. The Morgan fingerprint density at radius 1 is 1.38 bits per heavy atom. The van der Waals surface area contributed by atoms with Gasteiger partial charge in [0.05, 0.1) is 5.38 Å². The van der Waals surface area contributed by atoms with Crippen molar-refractivity contribution in [3.8, 4) is 10.6 Å². The molecular weight excluding hydrogens is 331 g/mol. The largest absolute Gasteiger partial charge is 0.148 e. The molecule has 2 aromatic rings. The predicted octanol–water partition coefficient (Wildman–Crippen LogP) is 4.92. The molecule has 0 spiro atoms. The average molecular weight is 338 g/mol. The standard InChI is InChI=1S/C10H7BrCl2N2S/c1-5(12)9-14-15-10(16-9)7-3-2-6(13)4-8(7)11/h2-5H,1H3. The number of alkyl halides is 1. The lowest BCUT2D eigenvalue weighted by Crippen LogP contribution is -1.81. The molecule has 0 radical (unpaired) electrons. The van der Waals surface area contributed by atoms with Gasteiger partial charge in [0.15, 0.2) is 0 Å². The van der Waals surface area contributed by atoms with Crippen LogP contribution in [0, 0.1) is 0 Å². The Bertz CT molecular complexity index is 513. The van der Waals surface area contributed by atoms with Crippen molar-refractivity contribution >= 4 is 50.5 Å². The van der Waals surface area contributed by atoms with E-state index >= 15 is 0 Å². The highest BCUT2D eigenvalue weighted by Gasteiger charge is 2.12. The van der Waals surface area contributed by atoms with Crippen LogP contribution < -0.4 is 0 Å². The molecule has 0 fully saturated rings. The lowest BCUT2D eigenvalue weighted by Gasteiger charge is -1.99. The summed E-state index contributed by atoms with van der Waals surface area (Å²) >= 11 is 16.8. The lowest BCUT2D eigenvalue weighted by atomic mass is 10.2. The fourth-order valence-corrected chi connectivity index (χ4v) is 3.16. The molecule has 2 rings (SSSR count). The van der Waals surface area contributed by atoms with E-state index in [0.717, 1.165) is 20.1 Å². The van der Waals surface area contributed by atoms with Crippen LogP contribution in [0.25, 0.3) is 10.6 Å². The number of nitrogens with zero attached hydrogens (tertiary/aromatic N) is 2. The van der Waals surface area contributed by atoms with Crippen LogP contribution in [0.1, 0.15) is 17.3 Å². The zero-order chi connectivity index (χ0) is 11.7. The molecule has 1 heterocycles. The smallest absolute Gasteiger partial charge is 0.142 e. The monoisotopic (exact) mass is 336 g/mol. The second-order valence-corrected chi connectivity index (χ2v) is 6.14. The van der Waals surface area contributed by atoms with Crippen molar-refractivity contribution in [2.45, 2.75) is 12.3 Å². The van der Waals surface area contributed by atoms with Crippen molar-refractivity contribution in [1.29, 1.82) is 0 Å². The summed E-state index contributed by atoms with van der Waals surface area (Å²) in [7, 11) is 0. The van der Waals surface area contributed by atoms with Crippen LogP contribution in [0.2, 0.25) is 5.02 Å². The van der Waals surface area contributed by atoms with E-state index < -0.39 is 0 Å². The minimum absolute atomic E-state index is 0.114. The Hall–Kier alpha value is -0.160. The van der Waals surface area contributed by atoms with Crippen molar-refractivity contribution in [3.63, 3.8) is 0 Å². The summed E-state index contributed by atoms with van der Waals surface area (Å²) in [6, 6.07) is 5.57. The molecular formula is C10H7BrCl2N2S. The van der Waals surface area contributed by atoms with Crippen LogP contribution in [0.5, 0.6) is 0 Å². The third kappa shape index (κ3) is 2.56. The normalized spacial score (nSPS) is 12.8. The summed E-state index contributed by atoms with van der Waals surface area (Å²) in [4.78, 5) is 0. The maximum Gasteiger partial charge on any atom is 0.148 e. The fourth-order valence-electron chi connectivity index (χ4n) is 1.17. The highest BCUT2D eigenvalue weighted by Crippen LogP contribution is 2.34. The van der Waals surface area contributed by atoms with Gasteiger partial charge in [-0.05, 0) is 25.1 Å². The van der Waals surface area contributed by atoms with Gasteiger partial charge in [0.1, 0.15) is 10.0 Å². The van der Waals surface area contributed by atoms with Crippen LogP contribution in [0.4, 0.5) is 0 Å². The number of hydrogen-bond acceptors (Lipinski definition) is 3. The summed E-state index contributed by atoms with van der Waals surface area (Å²) in [5.41, 5.74) is 0.977. The van der Waals surface area contributed by atoms with Gasteiger partial charge >= 0.3 is 0 Å². The number of halogens is 3. The van der Waals surface area contributed by atoms with Gasteiger partial charge in [0.2, 0.25) is 0 Å². The maximum absolute atomic E-state index is 5.94. The van der Waals surface area contributed by atoms with Crippen LogP contribution in [-0.2, 0) is 0 Å². The van der Waals surface area contributed by atoms with E-state index in [9.17, 15) is 0 Å². The predicted molar refractivity (Wildman–Crippen MR) is 72.3 cm³/mol. The molecule has 0 saturated carbocycles. The molecule has 2 nitrogen and oxygen atoms in total. The summed E-state index contributed by atoms with van der Waals surface area (Å²) in [6.07, 6.45) is 0. The fraction of sp³-hybridized carbons (Fsp3) is 0.200. The molecule has 0 N–H and O–H groups in total. The number of benzene rings is 1. The van der Waals surface area contributed by atoms with E-state index in [1.54, 1.807) is 0 Å². The van der Waals surface area contributed by atoms with Crippen LogP contribution >= 0.6 is 50.5 Å². The highest BCUT2D eigenvalue weighted by atomic mass is 79.9. The minimum atomic E-state index is -0.114. The van der Waals surface area contributed by atoms with Gasteiger partial charge in [0, 0.05) is 15.1 Å². The molecule has 0 amide bonds. The quantitative estimate of drug-likeness (QED) is 0.727. The van der Waals surface area contributed by atoms with Gasteiger partial charge in [-0.2, -0.15) is 0 Å². The highest BCUT2D eigenvalue weighted by molar-refractivity contribution is 9.10. The Balaban J connectivity index is 2.42. The molecule has 6 heteroatoms. The molecule has 84 valence electrons. The van der Waals surface area contributed by atoms with E-state index in [1.807, 2.05) is 25.1 Å². The Labute approximate surface area is 116 Å². The first-order valence-corrected chi connectivity index (χ1v) is 6.93. The molecule has 1 aromatic carbocycles. The third-order valence-electron chi connectivity index (χ3n) is 1.94. The van der Waals surface area contributed by atoms with Crippen LogP contribution in [0.15, 0.2) is 22.7 Å². The third-order valence-corrected chi connectivity index (χ3v) is 4.31. The van der Waals surface area contributed by atoms with E-state index in [4.69, 9.17) is 23.2 Å². The van der Waals surface area contributed by atoms with Gasteiger partial charge in [-0.15, -0.1) is 21.8 Å². The van der Waals surface area contributed by atoms with Gasteiger partial charge in [-0.1, -0.05) is 38.9 Å². The van der Waals surface area contributed by atoms with Gasteiger partial charge in [-0.3, -0.25) is 0 Å². The van der Waals surface area contributed by atoms with Gasteiger partial charge in [0.25, 0.3) is 0 Å². The number of hydrogen-bond donors (Lipinski definition) is 0. The first-order chi connectivity index (χ1) is 7.58. The molecule has 1 atom stereocenters. The van der Waals surface area contributed by atoms with E-state index in [2.05, 4.69) is 26.1 Å². The van der Waals surface area contributed by atoms with E-state index in [1.165, 1.54) is 11.3 Å². The molecule has 1 unspecified atom stereocenters. The summed E-state index contributed by atoms with van der Waals surface area (Å²) in [6.45, 7) is 1.88. The second kappa shape index (κ2) is 5.00. The summed E-state index contributed by atoms with van der Waals surface area (Å²) in [5.74, 6) is 0. The Morgan fingerprint density at radius 3 is 2.69 bits per heavy atom. The van der Waals surface area contributed by atoms with Crippen molar-refractivity contribution in [2.75, 3.05) is 0 Å². The molecule has 1 aromatic heterocycles. The Morgan fingerprint density at radius 2 is 2.12 bits per heavy atom. The van der Waals surface area contributed by atoms with Crippen molar-refractivity contribution in [3.05, 3.63) is 32.7 Å². The molecule has 0 aliphatic heterocycles. The molecule has 16 heavy (non-hydrogen) atoms. The van der Waals surface area contributed by atoms with Gasteiger partial charge in [-0.25, -0.2) is 0 Å². The van der Waals surface area contributed by atoms with E-state index in [-0.39, 0.29) is 5.38 Å². The van der Waals surface area contributed by atoms with Crippen molar-refractivity contribution in [2.24, 2.45) is 0 Å². The number of rotatable bonds is 2. The van der Waals surface area contributed by atoms with Crippen molar-refractivity contribution < 1.29 is 0 Å². The summed E-state index contributed by atoms with van der Waals surface area (Å²) < 4.78 is 0.907. The Kier molecular flexibility index (Phi) is 3.85. The zero-order valence-electron chi connectivity index (χ0n) is 8.25. The SMILES string of the molecule is CC(Cl)c1nnc(-c2ccc(Cl)cc2Br)s1. The van der Waals surface area contributed by atoms with Crippen molar-refractivity contribution in [1.82, 2.24) is 10.2 Å². The van der Waals surface area contributed by atoms with E-state index in [0.29, 0.717) is 5.02 Å². The van der Waals surface area contributed by atoms with Crippen LogP contribution in [-0.4, -0.2) is 10.2 Å². The topological polar surface area (TPSA) is 25.8 Å². The molecule has 0 bridgehead atoms. The lowest BCUT2D eigenvalue weighted by molar-refractivity contribution is 0.962. The molecule has 0 aliphatic carbocycles. The minimum Gasteiger partial charge on any atom is -0.142 e. The second-order valence-electron chi connectivity index (χ2n) is 3.19. The molecule has 0 saturated heterocycles.